The molecule has 4 rings (SSSR count). The number of halogens is 2. The number of rotatable bonds is 1. The third kappa shape index (κ3) is 2.71. The van der Waals surface area contributed by atoms with Gasteiger partial charge in [-0.05, 0) is 31.5 Å². The lowest BCUT2D eigenvalue weighted by Gasteiger charge is -2.28. The van der Waals surface area contributed by atoms with Crippen LogP contribution in [0.2, 0.25) is 5.02 Å². The van der Waals surface area contributed by atoms with Crippen molar-refractivity contribution in [2.45, 2.75) is 13.8 Å². The fourth-order valence-corrected chi connectivity index (χ4v) is 3.05. The first-order valence-electron chi connectivity index (χ1n) is 7.42. The van der Waals surface area contributed by atoms with Crippen LogP contribution in [0.25, 0.3) is 16.6 Å². The van der Waals surface area contributed by atoms with E-state index in [0.717, 1.165) is 65.1 Å². The first-order chi connectivity index (χ1) is 10.6. The van der Waals surface area contributed by atoms with Crippen molar-refractivity contribution in [1.29, 1.82) is 0 Å². The Labute approximate surface area is 145 Å². The van der Waals surface area contributed by atoms with Gasteiger partial charge in [0.05, 0.1) is 5.52 Å². The first kappa shape index (κ1) is 16.2. The normalized spacial score (nSPS) is 15.2. The lowest BCUT2D eigenvalue weighted by Crippen LogP contribution is -2.44. The van der Waals surface area contributed by atoms with Gasteiger partial charge in [-0.1, -0.05) is 11.6 Å². The van der Waals surface area contributed by atoms with Gasteiger partial charge < -0.3 is 10.2 Å². The summed E-state index contributed by atoms with van der Waals surface area (Å²) in [5.41, 5.74) is 2.75. The molecule has 0 bridgehead atoms. The van der Waals surface area contributed by atoms with Crippen LogP contribution in [0.3, 0.4) is 0 Å². The number of piperazine rings is 1. The molecule has 0 saturated carbocycles. The van der Waals surface area contributed by atoms with Crippen molar-refractivity contribution in [3.05, 3.63) is 28.5 Å². The molecule has 3 aromatic rings. The molecule has 122 valence electrons. The monoisotopic (exact) mass is 352 g/mol. The van der Waals surface area contributed by atoms with E-state index in [9.17, 15) is 0 Å². The van der Waals surface area contributed by atoms with Crippen LogP contribution in [0.15, 0.2) is 12.1 Å². The molecular formula is C15H18Cl2N6. The summed E-state index contributed by atoms with van der Waals surface area (Å²) < 4.78 is 1.84. The largest absolute Gasteiger partial charge is 0.338 e. The maximum absolute atomic E-state index is 6.28. The Morgan fingerprint density at radius 3 is 2.61 bits per heavy atom. The molecule has 8 heteroatoms. The van der Waals surface area contributed by atoms with Crippen molar-refractivity contribution >= 4 is 46.5 Å². The zero-order valence-corrected chi connectivity index (χ0v) is 14.6. The number of aromatic nitrogens is 4. The number of benzene rings is 1. The molecule has 1 saturated heterocycles. The highest BCUT2D eigenvalue weighted by molar-refractivity contribution is 6.32. The standard InChI is InChI=1S/C15H17ClN6.ClH/c1-9-7-13-11(8-12(9)16)14-18-10(2)20-22(14)15(19-13)21-5-3-17-4-6-21;/h7-8,17H,3-6H2,1-2H3;1H. The molecule has 6 nitrogen and oxygen atoms in total. The van der Waals surface area contributed by atoms with Gasteiger partial charge in [0, 0.05) is 36.6 Å². The van der Waals surface area contributed by atoms with E-state index in [-0.39, 0.29) is 12.4 Å². The zero-order valence-electron chi connectivity index (χ0n) is 13.0. The average Bonchev–Trinajstić information content (AvgIpc) is 2.91. The van der Waals surface area contributed by atoms with Crippen LogP contribution >= 0.6 is 24.0 Å². The minimum absolute atomic E-state index is 0. The third-order valence-electron chi connectivity index (χ3n) is 4.04. The lowest BCUT2D eigenvalue weighted by molar-refractivity contribution is 0.575. The Morgan fingerprint density at radius 1 is 1.13 bits per heavy atom. The van der Waals surface area contributed by atoms with E-state index in [2.05, 4.69) is 20.3 Å². The SMILES string of the molecule is Cc1nc2c3cc(Cl)c(C)cc3nc(N3CCNCC3)n2n1.Cl. The molecule has 0 unspecified atom stereocenters. The highest BCUT2D eigenvalue weighted by Gasteiger charge is 2.19. The van der Waals surface area contributed by atoms with Crippen LogP contribution in [0, 0.1) is 13.8 Å². The summed E-state index contributed by atoms with van der Waals surface area (Å²) in [6.45, 7) is 7.63. The molecule has 1 aliphatic rings. The van der Waals surface area contributed by atoms with Crippen LogP contribution in [-0.2, 0) is 0 Å². The minimum Gasteiger partial charge on any atom is -0.338 e. The van der Waals surface area contributed by atoms with Crippen molar-refractivity contribution in [2.75, 3.05) is 31.1 Å². The van der Waals surface area contributed by atoms with Crippen molar-refractivity contribution in [3.63, 3.8) is 0 Å². The summed E-state index contributed by atoms with van der Waals surface area (Å²) >= 11 is 6.28. The molecule has 2 aromatic heterocycles. The van der Waals surface area contributed by atoms with E-state index in [1.807, 2.05) is 30.5 Å². The topological polar surface area (TPSA) is 58.4 Å². The maximum Gasteiger partial charge on any atom is 0.229 e. The van der Waals surface area contributed by atoms with Gasteiger partial charge in [0.15, 0.2) is 5.65 Å². The summed E-state index contributed by atoms with van der Waals surface area (Å²) in [7, 11) is 0. The Hall–Kier alpha value is -1.63. The molecule has 1 aromatic carbocycles. The second-order valence-electron chi connectivity index (χ2n) is 5.66. The number of aryl methyl sites for hydroxylation is 2. The van der Waals surface area contributed by atoms with E-state index < -0.39 is 0 Å². The van der Waals surface area contributed by atoms with Crippen molar-refractivity contribution < 1.29 is 0 Å². The van der Waals surface area contributed by atoms with E-state index in [0.29, 0.717) is 0 Å². The highest BCUT2D eigenvalue weighted by Crippen LogP contribution is 2.28. The van der Waals surface area contributed by atoms with Crippen LogP contribution in [0.5, 0.6) is 0 Å². The highest BCUT2D eigenvalue weighted by atomic mass is 35.5. The van der Waals surface area contributed by atoms with Gasteiger partial charge in [-0.3, -0.25) is 0 Å². The van der Waals surface area contributed by atoms with Gasteiger partial charge in [-0.15, -0.1) is 17.5 Å². The summed E-state index contributed by atoms with van der Waals surface area (Å²) in [6, 6.07) is 3.96. The number of anilines is 1. The molecule has 0 radical (unpaired) electrons. The van der Waals surface area contributed by atoms with Gasteiger partial charge in [0.25, 0.3) is 0 Å². The molecule has 0 amide bonds. The Balaban J connectivity index is 0.00000156. The number of nitrogens with one attached hydrogen (secondary N) is 1. The van der Waals surface area contributed by atoms with Gasteiger partial charge in [0.1, 0.15) is 5.82 Å². The summed E-state index contributed by atoms with van der Waals surface area (Å²) in [5.74, 6) is 1.59. The zero-order chi connectivity index (χ0) is 15.3. The van der Waals surface area contributed by atoms with E-state index >= 15 is 0 Å². The third-order valence-corrected chi connectivity index (χ3v) is 4.45. The predicted octanol–water partition coefficient (Wildman–Crippen LogP) is 2.38. The van der Waals surface area contributed by atoms with E-state index in [1.165, 1.54) is 0 Å². The molecule has 3 heterocycles. The van der Waals surface area contributed by atoms with E-state index in [1.54, 1.807) is 0 Å². The van der Waals surface area contributed by atoms with Gasteiger partial charge >= 0.3 is 0 Å². The Bertz CT molecular complexity index is 869. The molecule has 1 N–H and O–H groups in total. The Morgan fingerprint density at radius 2 is 1.87 bits per heavy atom. The first-order valence-corrected chi connectivity index (χ1v) is 7.80. The molecule has 0 atom stereocenters. The van der Waals surface area contributed by atoms with Crippen molar-refractivity contribution in [2.24, 2.45) is 0 Å². The molecule has 23 heavy (non-hydrogen) atoms. The molecule has 1 fully saturated rings. The van der Waals surface area contributed by atoms with Crippen LogP contribution in [0.1, 0.15) is 11.4 Å². The summed E-state index contributed by atoms with van der Waals surface area (Å²) in [6.07, 6.45) is 0. The predicted molar refractivity (Wildman–Crippen MR) is 95.1 cm³/mol. The maximum atomic E-state index is 6.28. The smallest absolute Gasteiger partial charge is 0.229 e. The van der Waals surface area contributed by atoms with Crippen LogP contribution < -0.4 is 10.2 Å². The molecule has 0 spiro atoms. The van der Waals surface area contributed by atoms with Crippen molar-refractivity contribution in [1.82, 2.24) is 24.9 Å². The number of hydrogen-bond donors (Lipinski definition) is 1. The number of fused-ring (bicyclic) bond motifs is 3. The van der Waals surface area contributed by atoms with Crippen molar-refractivity contribution in [3.8, 4) is 0 Å². The molecule has 1 aliphatic heterocycles. The molecule has 0 aliphatic carbocycles. The average molecular weight is 353 g/mol. The minimum atomic E-state index is 0. The number of hydrogen-bond acceptors (Lipinski definition) is 5. The summed E-state index contributed by atoms with van der Waals surface area (Å²) in [4.78, 5) is 11.7. The summed E-state index contributed by atoms with van der Waals surface area (Å²) in [5, 5.41) is 9.56. The fraction of sp³-hybridized carbons (Fsp3) is 0.400. The Kier molecular flexibility index (Phi) is 4.31. The van der Waals surface area contributed by atoms with Crippen LogP contribution in [0.4, 0.5) is 5.95 Å². The fourth-order valence-electron chi connectivity index (χ4n) is 2.89. The van der Waals surface area contributed by atoms with Gasteiger partial charge in [-0.25, -0.2) is 9.97 Å². The second kappa shape index (κ2) is 6.11. The van der Waals surface area contributed by atoms with Crippen LogP contribution in [-0.4, -0.2) is 45.8 Å². The van der Waals surface area contributed by atoms with E-state index in [4.69, 9.17) is 16.6 Å². The van der Waals surface area contributed by atoms with Gasteiger partial charge in [0.2, 0.25) is 5.95 Å². The quantitative estimate of drug-likeness (QED) is 0.728. The molecular weight excluding hydrogens is 335 g/mol. The lowest BCUT2D eigenvalue weighted by atomic mass is 10.1. The van der Waals surface area contributed by atoms with Gasteiger partial charge in [-0.2, -0.15) is 4.52 Å². The second-order valence-corrected chi connectivity index (χ2v) is 6.07. The number of nitrogens with zero attached hydrogens (tertiary/aromatic N) is 5.